The Morgan fingerprint density at radius 1 is 0.914 bits per heavy atom. The van der Waals surface area contributed by atoms with Crippen LogP contribution in [0.2, 0.25) is 5.02 Å². The van der Waals surface area contributed by atoms with Gasteiger partial charge < -0.3 is 14.5 Å². The Balaban J connectivity index is 1.29. The molecule has 2 aromatic heterocycles. The molecule has 5 aromatic rings. The first kappa shape index (κ1) is 21.7. The first-order valence-electron chi connectivity index (χ1n) is 11.7. The molecule has 0 aliphatic heterocycles. The van der Waals surface area contributed by atoms with Gasteiger partial charge in [0.05, 0.1) is 11.2 Å². The molecule has 6 rings (SSSR count). The SMILES string of the molecule is Cc1cc(=O)oc2cc(Oc3ccc(Nc4c5c(nc6cc(Cl)ccc46)CCCC5)cc3)ccc12. The lowest BCUT2D eigenvalue weighted by Crippen LogP contribution is -2.09. The maximum absolute atomic E-state index is 11.7. The van der Waals surface area contributed by atoms with Crippen LogP contribution in [-0.2, 0) is 12.8 Å². The number of nitrogens with one attached hydrogen (secondary N) is 1. The number of benzene rings is 3. The Kier molecular flexibility index (Phi) is 5.42. The molecule has 1 N–H and O–H groups in total. The molecule has 35 heavy (non-hydrogen) atoms. The highest BCUT2D eigenvalue weighted by Gasteiger charge is 2.18. The minimum atomic E-state index is -0.365. The van der Waals surface area contributed by atoms with Crippen molar-refractivity contribution in [3.8, 4) is 11.5 Å². The number of pyridine rings is 1. The zero-order valence-electron chi connectivity index (χ0n) is 19.2. The number of aryl methyl sites for hydroxylation is 2. The second-order valence-electron chi connectivity index (χ2n) is 8.94. The molecule has 0 unspecified atom stereocenters. The average Bonchev–Trinajstić information content (AvgIpc) is 2.84. The number of nitrogens with zero attached hydrogens (tertiary/aromatic N) is 1. The summed E-state index contributed by atoms with van der Waals surface area (Å²) in [7, 11) is 0. The molecule has 1 aliphatic carbocycles. The van der Waals surface area contributed by atoms with Gasteiger partial charge in [0.15, 0.2) is 0 Å². The van der Waals surface area contributed by atoms with Gasteiger partial charge in [0.2, 0.25) is 0 Å². The molecule has 2 heterocycles. The van der Waals surface area contributed by atoms with E-state index in [4.69, 9.17) is 25.7 Å². The third kappa shape index (κ3) is 4.24. The maximum Gasteiger partial charge on any atom is 0.336 e. The minimum Gasteiger partial charge on any atom is -0.457 e. The molecule has 1 aliphatic rings. The van der Waals surface area contributed by atoms with E-state index in [0.29, 0.717) is 22.1 Å². The summed E-state index contributed by atoms with van der Waals surface area (Å²) in [5, 5.41) is 6.29. The van der Waals surface area contributed by atoms with E-state index in [2.05, 4.69) is 5.32 Å². The van der Waals surface area contributed by atoms with Gasteiger partial charge in [0.25, 0.3) is 0 Å². The second kappa shape index (κ2) is 8.75. The quantitative estimate of drug-likeness (QED) is 0.266. The third-order valence-electron chi connectivity index (χ3n) is 6.51. The van der Waals surface area contributed by atoms with Crippen molar-refractivity contribution in [2.75, 3.05) is 5.32 Å². The molecule has 3 aromatic carbocycles. The molecular weight excluding hydrogens is 460 g/mol. The molecule has 0 radical (unpaired) electrons. The Labute approximate surface area is 207 Å². The summed E-state index contributed by atoms with van der Waals surface area (Å²) in [6, 6.07) is 20.7. The van der Waals surface area contributed by atoms with E-state index < -0.39 is 0 Å². The van der Waals surface area contributed by atoms with Crippen LogP contribution in [0.3, 0.4) is 0 Å². The summed E-state index contributed by atoms with van der Waals surface area (Å²) in [6.07, 6.45) is 4.34. The van der Waals surface area contributed by atoms with E-state index in [1.807, 2.05) is 61.5 Å². The number of hydrogen-bond acceptors (Lipinski definition) is 5. The Morgan fingerprint density at radius 3 is 2.54 bits per heavy atom. The zero-order chi connectivity index (χ0) is 23.9. The van der Waals surface area contributed by atoms with Crippen molar-refractivity contribution < 1.29 is 9.15 Å². The van der Waals surface area contributed by atoms with Crippen LogP contribution in [0.1, 0.15) is 29.7 Å². The van der Waals surface area contributed by atoms with Crippen LogP contribution in [0.5, 0.6) is 11.5 Å². The largest absolute Gasteiger partial charge is 0.457 e. The zero-order valence-corrected chi connectivity index (χ0v) is 20.0. The molecule has 174 valence electrons. The molecule has 0 atom stereocenters. The highest BCUT2D eigenvalue weighted by atomic mass is 35.5. The predicted molar refractivity (Wildman–Crippen MR) is 140 cm³/mol. The number of hydrogen-bond donors (Lipinski definition) is 1. The molecule has 6 heteroatoms. The fourth-order valence-electron chi connectivity index (χ4n) is 4.80. The summed E-state index contributed by atoms with van der Waals surface area (Å²) in [6.45, 7) is 1.89. The van der Waals surface area contributed by atoms with Gasteiger partial charge in [0, 0.05) is 39.3 Å². The highest BCUT2D eigenvalue weighted by Crippen LogP contribution is 2.36. The lowest BCUT2D eigenvalue weighted by atomic mass is 9.92. The van der Waals surface area contributed by atoms with Gasteiger partial charge in [-0.1, -0.05) is 11.6 Å². The van der Waals surface area contributed by atoms with Crippen LogP contribution in [0.4, 0.5) is 11.4 Å². The maximum atomic E-state index is 11.7. The molecule has 5 nitrogen and oxygen atoms in total. The minimum absolute atomic E-state index is 0.365. The molecule has 0 bridgehead atoms. The Hall–Kier alpha value is -3.83. The van der Waals surface area contributed by atoms with Crippen molar-refractivity contribution in [3.63, 3.8) is 0 Å². The van der Waals surface area contributed by atoms with Gasteiger partial charge in [0.1, 0.15) is 17.1 Å². The van der Waals surface area contributed by atoms with Crippen molar-refractivity contribution in [3.05, 3.63) is 99.0 Å². The number of aromatic nitrogens is 1. The summed E-state index contributed by atoms with van der Waals surface area (Å²) in [4.78, 5) is 16.6. The van der Waals surface area contributed by atoms with E-state index >= 15 is 0 Å². The summed E-state index contributed by atoms with van der Waals surface area (Å²) in [5.74, 6) is 1.30. The molecular formula is C29H23ClN2O3. The average molecular weight is 483 g/mol. The topological polar surface area (TPSA) is 64.4 Å². The molecule has 0 saturated heterocycles. The fourth-order valence-corrected chi connectivity index (χ4v) is 4.96. The Bertz CT molecular complexity index is 1640. The van der Waals surface area contributed by atoms with Gasteiger partial charge in [-0.05, 0) is 98.3 Å². The second-order valence-corrected chi connectivity index (χ2v) is 9.37. The van der Waals surface area contributed by atoms with Crippen molar-refractivity contribution in [1.29, 1.82) is 0 Å². The van der Waals surface area contributed by atoms with Gasteiger partial charge in [-0.2, -0.15) is 0 Å². The standard InChI is InChI=1S/C29H23ClN2O3/c1-17-14-28(33)35-27-16-21(11-13-22(17)27)34-20-9-7-19(8-10-20)31-29-23-4-2-3-5-25(23)32-26-15-18(30)6-12-24(26)29/h6-16H,2-5H2,1H3,(H,31,32). The van der Waals surface area contributed by atoms with Crippen molar-refractivity contribution in [2.45, 2.75) is 32.6 Å². The summed E-state index contributed by atoms with van der Waals surface area (Å²) in [5.41, 5.74) is 6.47. The highest BCUT2D eigenvalue weighted by molar-refractivity contribution is 6.31. The van der Waals surface area contributed by atoms with E-state index in [1.54, 1.807) is 6.07 Å². The monoisotopic (exact) mass is 482 g/mol. The number of ether oxygens (including phenoxy) is 1. The molecule has 0 spiro atoms. The summed E-state index contributed by atoms with van der Waals surface area (Å²) < 4.78 is 11.4. The van der Waals surface area contributed by atoms with Crippen molar-refractivity contribution in [1.82, 2.24) is 4.98 Å². The lowest BCUT2D eigenvalue weighted by molar-refractivity contribution is 0.480. The van der Waals surface area contributed by atoms with Gasteiger partial charge in [-0.3, -0.25) is 4.98 Å². The first-order valence-corrected chi connectivity index (χ1v) is 12.1. The normalized spacial score (nSPS) is 13.1. The fraction of sp³-hybridized carbons (Fsp3) is 0.172. The number of fused-ring (bicyclic) bond motifs is 3. The molecule has 0 amide bonds. The molecule has 0 saturated carbocycles. The summed E-state index contributed by atoms with van der Waals surface area (Å²) >= 11 is 6.25. The molecule has 0 fully saturated rings. The Morgan fingerprint density at radius 2 is 1.69 bits per heavy atom. The number of halogens is 1. The van der Waals surface area contributed by atoms with E-state index in [0.717, 1.165) is 58.2 Å². The van der Waals surface area contributed by atoms with Crippen LogP contribution in [0.15, 0.2) is 75.9 Å². The van der Waals surface area contributed by atoms with E-state index in [-0.39, 0.29) is 5.63 Å². The van der Waals surface area contributed by atoms with Crippen molar-refractivity contribution in [2.24, 2.45) is 0 Å². The first-order chi connectivity index (χ1) is 17.0. The van der Waals surface area contributed by atoms with Gasteiger partial charge in [-0.15, -0.1) is 0 Å². The van der Waals surface area contributed by atoms with Crippen LogP contribution >= 0.6 is 11.6 Å². The third-order valence-corrected chi connectivity index (χ3v) is 6.74. The smallest absolute Gasteiger partial charge is 0.336 e. The van der Waals surface area contributed by atoms with Crippen molar-refractivity contribution >= 4 is 44.8 Å². The van der Waals surface area contributed by atoms with Crippen LogP contribution in [-0.4, -0.2) is 4.98 Å². The predicted octanol–water partition coefficient (Wildman–Crippen LogP) is 7.72. The van der Waals surface area contributed by atoms with Crippen LogP contribution in [0, 0.1) is 6.92 Å². The lowest BCUT2D eigenvalue weighted by Gasteiger charge is -2.22. The van der Waals surface area contributed by atoms with Gasteiger partial charge >= 0.3 is 5.63 Å². The van der Waals surface area contributed by atoms with Crippen LogP contribution < -0.4 is 15.7 Å². The van der Waals surface area contributed by atoms with Gasteiger partial charge in [-0.25, -0.2) is 4.79 Å². The number of rotatable bonds is 4. The van der Waals surface area contributed by atoms with E-state index in [1.165, 1.54) is 18.1 Å². The van der Waals surface area contributed by atoms with E-state index in [9.17, 15) is 4.79 Å². The number of anilines is 2. The van der Waals surface area contributed by atoms with Crippen LogP contribution in [0.25, 0.3) is 21.9 Å².